The molecule has 3 rings (SSSR count). The van der Waals surface area contributed by atoms with Crippen molar-refractivity contribution < 1.29 is 19.4 Å². The number of carboxylic acid groups (broad SMARTS) is 1. The molecule has 2 aromatic carbocycles. The fraction of sp³-hybridized carbons (Fsp3) is 0.364. The molecule has 1 aliphatic rings. The number of hydrogen-bond donors (Lipinski definition) is 1. The summed E-state index contributed by atoms with van der Waals surface area (Å²) in [7, 11) is 1.61. The number of hydrogen-bond acceptors (Lipinski definition) is 4. The Morgan fingerprint density at radius 1 is 0.964 bits per heavy atom. The second-order valence-electron chi connectivity index (χ2n) is 7.34. The molecule has 1 fully saturated rings. The number of ether oxygens (including phenoxy) is 1. The van der Waals surface area contributed by atoms with Gasteiger partial charge in [0.25, 0.3) is 5.91 Å². The third-order valence-corrected chi connectivity index (χ3v) is 5.17. The molecule has 6 nitrogen and oxygen atoms in total. The van der Waals surface area contributed by atoms with Gasteiger partial charge in [0.15, 0.2) is 0 Å². The molecule has 0 radical (unpaired) electrons. The van der Waals surface area contributed by atoms with E-state index in [4.69, 9.17) is 9.84 Å². The third kappa shape index (κ3) is 4.34. The largest absolute Gasteiger partial charge is 0.497 e. The summed E-state index contributed by atoms with van der Waals surface area (Å²) in [6, 6.07) is 14.4. The summed E-state index contributed by atoms with van der Waals surface area (Å²) < 4.78 is 5.16. The number of methoxy groups -OCH3 is 1. The van der Waals surface area contributed by atoms with Gasteiger partial charge in [0.2, 0.25) is 0 Å². The Morgan fingerprint density at radius 3 is 2.00 bits per heavy atom. The molecule has 1 saturated heterocycles. The van der Waals surface area contributed by atoms with Crippen molar-refractivity contribution in [1.29, 1.82) is 0 Å². The van der Waals surface area contributed by atoms with Crippen LogP contribution < -0.4 is 4.74 Å². The van der Waals surface area contributed by atoms with Crippen molar-refractivity contribution in [2.45, 2.75) is 32.5 Å². The number of benzene rings is 2. The van der Waals surface area contributed by atoms with E-state index < -0.39 is 5.97 Å². The van der Waals surface area contributed by atoms with Crippen LogP contribution in [0.2, 0.25) is 0 Å². The molecule has 2 aromatic rings. The maximum Gasteiger partial charge on any atom is 0.335 e. The second-order valence-corrected chi connectivity index (χ2v) is 7.34. The van der Waals surface area contributed by atoms with Crippen LogP contribution in [-0.4, -0.2) is 59.1 Å². The molecule has 28 heavy (non-hydrogen) atoms. The van der Waals surface area contributed by atoms with Gasteiger partial charge in [0, 0.05) is 37.3 Å². The molecule has 0 aromatic heterocycles. The van der Waals surface area contributed by atoms with Crippen LogP contribution in [0.4, 0.5) is 0 Å². The van der Waals surface area contributed by atoms with E-state index >= 15 is 0 Å². The fourth-order valence-corrected chi connectivity index (χ4v) is 3.86. The highest BCUT2D eigenvalue weighted by Crippen LogP contribution is 2.22. The Kier molecular flexibility index (Phi) is 5.99. The van der Waals surface area contributed by atoms with Crippen LogP contribution in [-0.2, 0) is 6.54 Å². The summed E-state index contributed by atoms with van der Waals surface area (Å²) in [4.78, 5) is 28.2. The molecule has 0 saturated carbocycles. The highest BCUT2D eigenvalue weighted by atomic mass is 16.5. The standard InChI is InChI=1S/C22H26N2O4/c1-15-12-23(14-17-4-6-19(7-5-17)22(26)27)13-16(2)24(15)21(25)18-8-10-20(28-3)11-9-18/h4-11,15-16H,12-14H2,1-3H3,(H,26,27)/t15-,16+. The van der Waals surface area contributed by atoms with Crippen LogP contribution in [0.3, 0.4) is 0 Å². The van der Waals surface area contributed by atoms with Gasteiger partial charge in [-0.1, -0.05) is 12.1 Å². The number of carbonyl (C=O) groups is 2. The predicted octanol–water partition coefficient (Wildman–Crippen LogP) is 3.13. The normalized spacial score (nSPS) is 20.0. The molecule has 0 aliphatic carbocycles. The van der Waals surface area contributed by atoms with E-state index in [1.165, 1.54) is 0 Å². The van der Waals surface area contributed by atoms with Crippen molar-refractivity contribution in [3.05, 3.63) is 65.2 Å². The number of rotatable bonds is 5. The van der Waals surface area contributed by atoms with Crippen molar-refractivity contribution in [2.24, 2.45) is 0 Å². The van der Waals surface area contributed by atoms with Gasteiger partial charge in [-0.15, -0.1) is 0 Å². The molecular weight excluding hydrogens is 356 g/mol. The molecule has 1 heterocycles. The Balaban J connectivity index is 1.65. The Labute approximate surface area is 165 Å². The smallest absolute Gasteiger partial charge is 0.335 e. The SMILES string of the molecule is COc1ccc(C(=O)N2[C@H](C)CN(Cc3ccc(C(=O)O)cc3)C[C@@H]2C)cc1. The molecule has 0 spiro atoms. The van der Waals surface area contributed by atoms with E-state index in [0.29, 0.717) is 11.1 Å². The lowest BCUT2D eigenvalue weighted by molar-refractivity contribution is 0.0268. The van der Waals surface area contributed by atoms with Crippen LogP contribution in [0.5, 0.6) is 5.75 Å². The lowest BCUT2D eigenvalue weighted by atomic mass is 10.0. The summed E-state index contributed by atoms with van der Waals surface area (Å²) in [5.74, 6) is -0.149. The zero-order valence-electron chi connectivity index (χ0n) is 16.5. The molecule has 0 bridgehead atoms. The number of nitrogens with zero attached hydrogens (tertiary/aromatic N) is 2. The Bertz CT molecular complexity index is 821. The highest BCUT2D eigenvalue weighted by Gasteiger charge is 2.33. The van der Waals surface area contributed by atoms with Crippen molar-refractivity contribution in [3.8, 4) is 5.75 Å². The first-order valence-corrected chi connectivity index (χ1v) is 9.40. The van der Waals surface area contributed by atoms with Gasteiger partial charge in [0.1, 0.15) is 5.75 Å². The van der Waals surface area contributed by atoms with Crippen molar-refractivity contribution in [2.75, 3.05) is 20.2 Å². The van der Waals surface area contributed by atoms with Crippen molar-refractivity contribution >= 4 is 11.9 Å². The van der Waals surface area contributed by atoms with E-state index in [0.717, 1.165) is 30.9 Å². The van der Waals surface area contributed by atoms with Crippen LogP contribution in [0.1, 0.15) is 40.1 Å². The Hall–Kier alpha value is -2.86. The minimum Gasteiger partial charge on any atom is -0.497 e. The molecule has 0 unspecified atom stereocenters. The quantitative estimate of drug-likeness (QED) is 0.860. The van der Waals surface area contributed by atoms with E-state index in [1.807, 2.05) is 17.0 Å². The molecule has 1 N–H and O–H groups in total. The van der Waals surface area contributed by atoms with Gasteiger partial charge in [-0.25, -0.2) is 4.79 Å². The zero-order chi connectivity index (χ0) is 20.3. The predicted molar refractivity (Wildman–Crippen MR) is 107 cm³/mol. The number of piperazine rings is 1. The number of carboxylic acids is 1. The van der Waals surface area contributed by atoms with E-state index in [2.05, 4.69) is 18.7 Å². The molecule has 6 heteroatoms. The first kappa shape index (κ1) is 19.9. The summed E-state index contributed by atoms with van der Waals surface area (Å²) in [5.41, 5.74) is 2.02. The molecule has 148 valence electrons. The summed E-state index contributed by atoms with van der Waals surface area (Å²) in [6.45, 7) is 6.41. The molecular formula is C22H26N2O4. The van der Waals surface area contributed by atoms with Gasteiger partial charge in [0.05, 0.1) is 12.7 Å². The number of aromatic carboxylic acids is 1. The van der Waals surface area contributed by atoms with Crippen LogP contribution >= 0.6 is 0 Å². The average Bonchev–Trinajstić information content (AvgIpc) is 2.68. The van der Waals surface area contributed by atoms with Gasteiger partial charge < -0.3 is 14.7 Å². The number of amides is 1. The third-order valence-electron chi connectivity index (χ3n) is 5.17. The maximum absolute atomic E-state index is 13.0. The molecule has 2 atom stereocenters. The van der Waals surface area contributed by atoms with E-state index in [1.54, 1.807) is 43.5 Å². The average molecular weight is 382 g/mol. The lowest BCUT2D eigenvalue weighted by Crippen LogP contribution is -2.58. The van der Waals surface area contributed by atoms with Crippen LogP contribution in [0, 0.1) is 0 Å². The maximum atomic E-state index is 13.0. The van der Waals surface area contributed by atoms with Gasteiger partial charge in [-0.05, 0) is 55.8 Å². The monoisotopic (exact) mass is 382 g/mol. The van der Waals surface area contributed by atoms with Crippen molar-refractivity contribution in [1.82, 2.24) is 9.80 Å². The first-order chi connectivity index (χ1) is 13.4. The number of carbonyl (C=O) groups excluding carboxylic acids is 1. The topological polar surface area (TPSA) is 70.1 Å². The molecule has 1 aliphatic heterocycles. The summed E-state index contributed by atoms with van der Waals surface area (Å²) in [6.07, 6.45) is 0. The van der Waals surface area contributed by atoms with Crippen LogP contribution in [0.15, 0.2) is 48.5 Å². The van der Waals surface area contributed by atoms with E-state index in [-0.39, 0.29) is 18.0 Å². The van der Waals surface area contributed by atoms with Gasteiger partial charge in [-0.2, -0.15) is 0 Å². The lowest BCUT2D eigenvalue weighted by Gasteiger charge is -2.44. The van der Waals surface area contributed by atoms with Crippen molar-refractivity contribution in [3.63, 3.8) is 0 Å². The van der Waals surface area contributed by atoms with Gasteiger partial charge >= 0.3 is 5.97 Å². The van der Waals surface area contributed by atoms with Crippen LogP contribution in [0.25, 0.3) is 0 Å². The molecule has 1 amide bonds. The minimum absolute atomic E-state index is 0.0353. The minimum atomic E-state index is -0.917. The van der Waals surface area contributed by atoms with Gasteiger partial charge in [-0.3, -0.25) is 9.69 Å². The summed E-state index contributed by atoms with van der Waals surface area (Å²) >= 11 is 0. The van der Waals surface area contributed by atoms with E-state index in [9.17, 15) is 9.59 Å². The Morgan fingerprint density at radius 2 is 1.50 bits per heavy atom. The second kappa shape index (κ2) is 8.44. The zero-order valence-corrected chi connectivity index (χ0v) is 16.5. The highest BCUT2D eigenvalue weighted by molar-refractivity contribution is 5.94. The first-order valence-electron chi connectivity index (χ1n) is 9.40. The summed E-state index contributed by atoms with van der Waals surface area (Å²) in [5, 5.41) is 9.02. The fourth-order valence-electron chi connectivity index (χ4n) is 3.86.